The van der Waals surface area contributed by atoms with E-state index in [0.29, 0.717) is 6.04 Å². The van der Waals surface area contributed by atoms with E-state index in [4.69, 9.17) is 4.74 Å². The highest BCUT2D eigenvalue weighted by Gasteiger charge is 2.11. The standard InChI is InChI=1S/C20H25NO/c1-4-17(2)21(19-12-14-20(22-3)15-13-19)16-8-11-18-9-6-5-7-10-18/h5-15,17H,4,16H2,1-3H3/b11-8+. The SMILES string of the molecule is CCC(C)N(C/C=C/c1ccccc1)c1ccc(OC)cc1. The number of benzene rings is 2. The summed E-state index contributed by atoms with van der Waals surface area (Å²) in [6, 6.07) is 19.2. The minimum atomic E-state index is 0.494. The fraction of sp³-hybridized carbons (Fsp3) is 0.300. The second-order valence-corrected chi connectivity index (χ2v) is 5.42. The van der Waals surface area contributed by atoms with Crippen LogP contribution in [0.5, 0.6) is 5.75 Å². The molecule has 116 valence electrons. The van der Waals surface area contributed by atoms with Crippen molar-refractivity contribution in [2.24, 2.45) is 0 Å². The van der Waals surface area contributed by atoms with Crippen molar-refractivity contribution in [2.45, 2.75) is 26.3 Å². The van der Waals surface area contributed by atoms with Gasteiger partial charge in [0, 0.05) is 18.3 Å². The van der Waals surface area contributed by atoms with Gasteiger partial charge in [0.1, 0.15) is 5.75 Å². The zero-order chi connectivity index (χ0) is 15.8. The second kappa shape index (κ2) is 8.28. The fourth-order valence-corrected chi connectivity index (χ4v) is 2.40. The molecule has 2 aromatic carbocycles. The first kappa shape index (κ1) is 16.2. The zero-order valence-electron chi connectivity index (χ0n) is 13.7. The summed E-state index contributed by atoms with van der Waals surface area (Å²) in [5, 5.41) is 0. The van der Waals surface area contributed by atoms with Crippen LogP contribution in [-0.2, 0) is 0 Å². The molecular formula is C20H25NO. The van der Waals surface area contributed by atoms with E-state index in [0.717, 1.165) is 18.7 Å². The van der Waals surface area contributed by atoms with Crippen molar-refractivity contribution in [1.29, 1.82) is 0 Å². The molecule has 0 N–H and O–H groups in total. The lowest BCUT2D eigenvalue weighted by atomic mass is 10.1. The molecule has 0 spiro atoms. The van der Waals surface area contributed by atoms with Crippen molar-refractivity contribution in [3.8, 4) is 5.75 Å². The van der Waals surface area contributed by atoms with E-state index >= 15 is 0 Å². The third kappa shape index (κ3) is 4.39. The molecule has 2 heteroatoms. The van der Waals surface area contributed by atoms with Gasteiger partial charge in [0.15, 0.2) is 0 Å². The normalized spacial score (nSPS) is 12.3. The number of methoxy groups -OCH3 is 1. The molecule has 1 unspecified atom stereocenters. The van der Waals surface area contributed by atoms with Gasteiger partial charge >= 0.3 is 0 Å². The molecule has 0 aliphatic rings. The number of ether oxygens (including phenoxy) is 1. The Balaban J connectivity index is 2.10. The van der Waals surface area contributed by atoms with E-state index in [-0.39, 0.29) is 0 Å². The predicted molar refractivity (Wildman–Crippen MR) is 95.6 cm³/mol. The number of rotatable bonds is 7. The van der Waals surface area contributed by atoms with Crippen LogP contribution >= 0.6 is 0 Å². The highest BCUT2D eigenvalue weighted by atomic mass is 16.5. The summed E-state index contributed by atoms with van der Waals surface area (Å²) in [7, 11) is 1.70. The molecule has 0 aliphatic carbocycles. The maximum atomic E-state index is 5.24. The van der Waals surface area contributed by atoms with Gasteiger partial charge in [-0.2, -0.15) is 0 Å². The monoisotopic (exact) mass is 295 g/mol. The average Bonchev–Trinajstić information content (AvgIpc) is 2.59. The van der Waals surface area contributed by atoms with Gasteiger partial charge in [-0.3, -0.25) is 0 Å². The van der Waals surface area contributed by atoms with E-state index in [1.807, 2.05) is 18.2 Å². The maximum absolute atomic E-state index is 5.24. The number of nitrogens with zero attached hydrogens (tertiary/aromatic N) is 1. The molecule has 0 heterocycles. The molecule has 0 saturated heterocycles. The molecule has 1 atom stereocenters. The van der Waals surface area contributed by atoms with Crippen LogP contribution < -0.4 is 9.64 Å². The molecular weight excluding hydrogens is 270 g/mol. The van der Waals surface area contributed by atoms with Crippen molar-refractivity contribution in [3.05, 3.63) is 66.2 Å². The summed E-state index contributed by atoms with van der Waals surface area (Å²) < 4.78 is 5.24. The summed E-state index contributed by atoms with van der Waals surface area (Å²) in [4.78, 5) is 2.42. The Hall–Kier alpha value is -2.22. The van der Waals surface area contributed by atoms with Crippen molar-refractivity contribution in [2.75, 3.05) is 18.6 Å². The van der Waals surface area contributed by atoms with Crippen LogP contribution in [0.25, 0.3) is 6.08 Å². The molecule has 2 rings (SSSR count). The first-order valence-corrected chi connectivity index (χ1v) is 7.87. The Morgan fingerprint density at radius 1 is 1.05 bits per heavy atom. The number of anilines is 1. The largest absolute Gasteiger partial charge is 0.497 e. The molecule has 0 saturated carbocycles. The summed E-state index contributed by atoms with van der Waals surface area (Å²) in [5.41, 5.74) is 2.47. The minimum absolute atomic E-state index is 0.494. The smallest absolute Gasteiger partial charge is 0.119 e. The number of hydrogen-bond donors (Lipinski definition) is 0. The minimum Gasteiger partial charge on any atom is -0.497 e. The van der Waals surface area contributed by atoms with Crippen LogP contribution in [0.4, 0.5) is 5.69 Å². The Kier molecular flexibility index (Phi) is 6.08. The van der Waals surface area contributed by atoms with Crippen LogP contribution in [0.1, 0.15) is 25.8 Å². The number of hydrogen-bond acceptors (Lipinski definition) is 2. The summed E-state index contributed by atoms with van der Waals surface area (Å²) in [5.74, 6) is 0.896. The molecule has 2 nitrogen and oxygen atoms in total. The Labute approximate surface area is 134 Å². The van der Waals surface area contributed by atoms with Crippen molar-refractivity contribution in [1.82, 2.24) is 0 Å². The molecule has 0 fully saturated rings. The Morgan fingerprint density at radius 2 is 1.73 bits per heavy atom. The topological polar surface area (TPSA) is 12.5 Å². The van der Waals surface area contributed by atoms with E-state index in [1.54, 1.807) is 7.11 Å². The van der Waals surface area contributed by atoms with Gasteiger partial charge in [0.05, 0.1) is 7.11 Å². The van der Waals surface area contributed by atoms with Crippen LogP contribution in [0.15, 0.2) is 60.7 Å². The van der Waals surface area contributed by atoms with Crippen LogP contribution in [0.3, 0.4) is 0 Å². The molecule has 0 aromatic heterocycles. The third-order valence-corrected chi connectivity index (χ3v) is 3.94. The van der Waals surface area contributed by atoms with Gasteiger partial charge < -0.3 is 9.64 Å². The predicted octanol–water partition coefficient (Wildman–Crippen LogP) is 5.01. The van der Waals surface area contributed by atoms with Crippen LogP contribution in [-0.4, -0.2) is 19.7 Å². The quantitative estimate of drug-likeness (QED) is 0.711. The zero-order valence-corrected chi connectivity index (χ0v) is 13.7. The van der Waals surface area contributed by atoms with Gasteiger partial charge in [-0.05, 0) is 43.2 Å². The van der Waals surface area contributed by atoms with Crippen LogP contribution in [0, 0.1) is 0 Å². The molecule has 0 aliphatic heterocycles. The molecule has 2 aromatic rings. The summed E-state index contributed by atoms with van der Waals surface area (Å²) in [6.45, 7) is 5.39. The van der Waals surface area contributed by atoms with Gasteiger partial charge in [0.2, 0.25) is 0 Å². The molecule has 0 radical (unpaired) electrons. The summed E-state index contributed by atoms with van der Waals surface area (Å²) in [6.07, 6.45) is 5.52. The molecule has 22 heavy (non-hydrogen) atoms. The average molecular weight is 295 g/mol. The fourth-order valence-electron chi connectivity index (χ4n) is 2.40. The van der Waals surface area contributed by atoms with E-state index in [1.165, 1.54) is 11.3 Å². The van der Waals surface area contributed by atoms with Crippen LogP contribution in [0.2, 0.25) is 0 Å². The van der Waals surface area contributed by atoms with Gasteiger partial charge in [-0.15, -0.1) is 0 Å². The second-order valence-electron chi connectivity index (χ2n) is 5.42. The first-order chi connectivity index (χ1) is 10.7. The highest BCUT2D eigenvalue weighted by molar-refractivity contribution is 5.53. The third-order valence-electron chi connectivity index (χ3n) is 3.94. The van der Waals surface area contributed by atoms with Crippen molar-refractivity contribution in [3.63, 3.8) is 0 Å². The highest BCUT2D eigenvalue weighted by Crippen LogP contribution is 2.22. The van der Waals surface area contributed by atoms with Crippen molar-refractivity contribution >= 4 is 11.8 Å². The molecule has 0 amide bonds. The van der Waals surface area contributed by atoms with Gasteiger partial charge in [0.25, 0.3) is 0 Å². The summed E-state index contributed by atoms with van der Waals surface area (Å²) >= 11 is 0. The van der Waals surface area contributed by atoms with E-state index < -0.39 is 0 Å². The molecule has 0 bridgehead atoms. The van der Waals surface area contributed by atoms with Gasteiger partial charge in [-0.1, -0.05) is 49.4 Å². The first-order valence-electron chi connectivity index (χ1n) is 7.87. The van der Waals surface area contributed by atoms with E-state index in [2.05, 4.69) is 67.3 Å². The Bertz CT molecular complexity index is 574. The maximum Gasteiger partial charge on any atom is 0.119 e. The lowest BCUT2D eigenvalue weighted by Crippen LogP contribution is -2.32. The lowest BCUT2D eigenvalue weighted by Gasteiger charge is -2.30. The Morgan fingerprint density at radius 3 is 2.32 bits per heavy atom. The lowest BCUT2D eigenvalue weighted by molar-refractivity contribution is 0.415. The van der Waals surface area contributed by atoms with Crippen molar-refractivity contribution < 1.29 is 4.74 Å². The van der Waals surface area contributed by atoms with Gasteiger partial charge in [-0.25, -0.2) is 0 Å². The van der Waals surface area contributed by atoms with E-state index in [9.17, 15) is 0 Å².